The summed E-state index contributed by atoms with van der Waals surface area (Å²) in [5.41, 5.74) is 4.69. The normalized spacial score (nSPS) is 19.8. The van der Waals surface area contributed by atoms with Crippen LogP contribution >= 0.6 is 0 Å². The Morgan fingerprint density at radius 2 is 1.69 bits per heavy atom. The zero-order valence-corrected chi connectivity index (χ0v) is 20.2. The van der Waals surface area contributed by atoms with Gasteiger partial charge in [0.1, 0.15) is 6.61 Å². The number of rotatable bonds is 9. The van der Waals surface area contributed by atoms with E-state index in [2.05, 4.69) is 34.9 Å². The first kappa shape index (κ1) is 24.8. The fourth-order valence-electron chi connectivity index (χ4n) is 5.33. The number of carboxylic acids is 1. The van der Waals surface area contributed by atoms with Crippen molar-refractivity contribution >= 4 is 18.0 Å². The lowest BCUT2D eigenvalue weighted by molar-refractivity contribution is -0.143. The summed E-state index contributed by atoms with van der Waals surface area (Å²) >= 11 is 0. The van der Waals surface area contributed by atoms with Crippen LogP contribution in [0.4, 0.5) is 4.79 Å². The predicted molar refractivity (Wildman–Crippen MR) is 133 cm³/mol. The molecule has 3 atom stereocenters. The van der Waals surface area contributed by atoms with Crippen molar-refractivity contribution in [3.8, 4) is 11.1 Å². The molecule has 7 heteroatoms. The number of fused-ring (bicyclic) bond motifs is 3. The van der Waals surface area contributed by atoms with E-state index in [1.165, 1.54) is 11.1 Å². The Bertz CT molecular complexity index is 1020. The minimum absolute atomic E-state index is 0.00558. The first-order chi connectivity index (χ1) is 17.0. The van der Waals surface area contributed by atoms with Crippen LogP contribution in [-0.4, -0.2) is 42.3 Å². The van der Waals surface area contributed by atoms with E-state index in [1.807, 2.05) is 31.2 Å². The van der Waals surface area contributed by atoms with E-state index in [1.54, 1.807) is 0 Å². The van der Waals surface area contributed by atoms with Gasteiger partial charge in [0, 0.05) is 24.9 Å². The monoisotopic (exact) mass is 478 g/mol. The molecule has 7 nitrogen and oxygen atoms in total. The second kappa shape index (κ2) is 11.4. The number of benzene rings is 2. The van der Waals surface area contributed by atoms with Gasteiger partial charge in [0.25, 0.3) is 0 Å². The van der Waals surface area contributed by atoms with E-state index in [4.69, 9.17) is 4.74 Å². The van der Waals surface area contributed by atoms with Crippen LogP contribution in [0.15, 0.2) is 48.5 Å². The van der Waals surface area contributed by atoms with E-state index in [0.29, 0.717) is 19.4 Å². The van der Waals surface area contributed by atoms with Crippen molar-refractivity contribution in [1.29, 1.82) is 0 Å². The van der Waals surface area contributed by atoms with Crippen LogP contribution in [0.1, 0.15) is 62.5 Å². The standard InChI is InChI=1S/C28H34N2O5/c1-2-18(14-26(31)30-20-9-7-8-19(15-20)27(32)33)16-29-28(34)35-17-25-23-12-5-3-10-21(23)22-11-4-6-13-24(22)25/h3-6,10-13,18-20,25H,2,7-9,14-17H2,1H3,(H,29,34)(H,30,31)(H,32,33)/t18?,19-,20-/m1/s1. The van der Waals surface area contributed by atoms with Gasteiger partial charge in [-0.3, -0.25) is 9.59 Å². The second-order valence-corrected chi connectivity index (χ2v) is 9.65. The first-order valence-electron chi connectivity index (χ1n) is 12.6. The molecule has 2 aromatic carbocycles. The van der Waals surface area contributed by atoms with Crippen molar-refractivity contribution in [1.82, 2.24) is 10.6 Å². The van der Waals surface area contributed by atoms with Crippen molar-refractivity contribution in [2.75, 3.05) is 13.2 Å². The highest BCUT2D eigenvalue weighted by Crippen LogP contribution is 2.44. The van der Waals surface area contributed by atoms with Gasteiger partial charge in [-0.25, -0.2) is 4.79 Å². The Labute approximate surface area is 206 Å². The van der Waals surface area contributed by atoms with E-state index in [9.17, 15) is 19.5 Å². The third kappa shape index (κ3) is 6.02. The lowest BCUT2D eigenvalue weighted by Gasteiger charge is -2.28. The van der Waals surface area contributed by atoms with Crippen LogP contribution in [0.5, 0.6) is 0 Å². The Morgan fingerprint density at radius 3 is 2.31 bits per heavy atom. The van der Waals surface area contributed by atoms with Crippen LogP contribution in [0, 0.1) is 11.8 Å². The van der Waals surface area contributed by atoms with Gasteiger partial charge in [-0.05, 0) is 47.4 Å². The fourth-order valence-corrected chi connectivity index (χ4v) is 5.33. The summed E-state index contributed by atoms with van der Waals surface area (Å²) in [5.74, 6) is -1.28. The van der Waals surface area contributed by atoms with Gasteiger partial charge in [-0.1, -0.05) is 68.3 Å². The minimum atomic E-state index is -0.789. The largest absolute Gasteiger partial charge is 0.481 e. The third-order valence-corrected chi connectivity index (χ3v) is 7.32. The van der Waals surface area contributed by atoms with Crippen LogP contribution < -0.4 is 10.6 Å². The molecular weight excluding hydrogens is 444 g/mol. The first-order valence-corrected chi connectivity index (χ1v) is 12.6. The third-order valence-electron chi connectivity index (χ3n) is 7.32. The molecule has 2 aliphatic carbocycles. The molecule has 1 unspecified atom stereocenters. The van der Waals surface area contributed by atoms with Gasteiger partial charge >= 0.3 is 12.1 Å². The van der Waals surface area contributed by atoms with Gasteiger partial charge in [0.05, 0.1) is 5.92 Å². The predicted octanol–water partition coefficient (Wildman–Crippen LogP) is 4.70. The van der Waals surface area contributed by atoms with Gasteiger partial charge < -0.3 is 20.5 Å². The van der Waals surface area contributed by atoms with Crippen LogP contribution in [0.2, 0.25) is 0 Å². The lowest BCUT2D eigenvalue weighted by Crippen LogP contribution is -2.41. The summed E-state index contributed by atoms with van der Waals surface area (Å²) in [6.45, 7) is 2.59. The summed E-state index contributed by atoms with van der Waals surface area (Å²) in [6.07, 6.45) is 3.31. The minimum Gasteiger partial charge on any atom is -0.481 e. The summed E-state index contributed by atoms with van der Waals surface area (Å²) in [6, 6.07) is 16.3. The number of carbonyl (C=O) groups is 3. The molecule has 4 rings (SSSR count). The Kier molecular flexibility index (Phi) is 8.06. The molecule has 0 bridgehead atoms. The van der Waals surface area contributed by atoms with Crippen LogP contribution in [0.3, 0.4) is 0 Å². The highest BCUT2D eigenvalue weighted by atomic mass is 16.5. The molecule has 0 radical (unpaired) electrons. The molecule has 1 fully saturated rings. The lowest BCUT2D eigenvalue weighted by atomic mass is 9.85. The highest BCUT2D eigenvalue weighted by molar-refractivity contribution is 5.79. The Morgan fingerprint density at radius 1 is 1.03 bits per heavy atom. The summed E-state index contributed by atoms with van der Waals surface area (Å²) in [7, 11) is 0. The van der Waals surface area contributed by atoms with Crippen molar-refractivity contribution in [2.45, 2.75) is 57.4 Å². The maximum Gasteiger partial charge on any atom is 0.407 e. The van der Waals surface area contributed by atoms with Crippen molar-refractivity contribution < 1.29 is 24.2 Å². The van der Waals surface area contributed by atoms with Crippen molar-refractivity contribution in [3.63, 3.8) is 0 Å². The fraction of sp³-hybridized carbons (Fsp3) is 0.464. The van der Waals surface area contributed by atoms with Crippen molar-refractivity contribution in [2.24, 2.45) is 11.8 Å². The number of nitrogens with one attached hydrogen (secondary N) is 2. The number of ether oxygens (including phenoxy) is 1. The number of carbonyl (C=O) groups excluding carboxylic acids is 2. The molecule has 3 N–H and O–H groups in total. The number of aliphatic carboxylic acids is 1. The highest BCUT2D eigenvalue weighted by Gasteiger charge is 2.30. The molecule has 1 saturated carbocycles. The molecule has 2 aliphatic rings. The van der Waals surface area contributed by atoms with Gasteiger partial charge in [-0.2, -0.15) is 0 Å². The van der Waals surface area contributed by atoms with Crippen LogP contribution in [0.25, 0.3) is 11.1 Å². The maximum atomic E-state index is 12.5. The molecule has 0 aliphatic heterocycles. The topological polar surface area (TPSA) is 105 Å². The molecule has 2 aromatic rings. The number of alkyl carbamates (subject to hydrolysis) is 1. The summed E-state index contributed by atoms with van der Waals surface area (Å²) in [4.78, 5) is 36.2. The molecule has 0 aromatic heterocycles. The number of hydrogen-bond donors (Lipinski definition) is 3. The number of carboxylic acid groups (broad SMARTS) is 1. The van der Waals surface area contributed by atoms with Crippen LogP contribution in [-0.2, 0) is 14.3 Å². The average molecular weight is 479 g/mol. The number of amides is 2. The van der Waals surface area contributed by atoms with E-state index in [-0.39, 0.29) is 42.7 Å². The van der Waals surface area contributed by atoms with Crippen molar-refractivity contribution in [3.05, 3.63) is 59.7 Å². The van der Waals surface area contributed by atoms with E-state index >= 15 is 0 Å². The maximum absolute atomic E-state index is 12.5. The number of hydrogen-bond acceptors (Lipinski definition) is 4. The van der Waals surface area contributed by atoms with E-state index in [0.717, 1.165) is 30.4 Å². The zero-order chi connectivity index (χ0) is 24.8. The quantitative estimate of drug-likeness (QED) is 0.485. The molecular formula is C28H34N2O5. The molecule has 0 heterocycles. The second-order valence-electron chi connectivity index (χ2n) is 9.65. The summed E-state index contributed by atoms with van der Waals surface area (Å²) in [5, 5.41) is 15.0. The van der Waals surface area contributed by atoms with E-state index < -0.39 is 12.1 Å². The average Bonchev–Trinajstić information content (AvgIpc) is 3.19. The molecule has 0 spiro atoms. The SMILES string of the molecule is CCC(CNC(=O)OCC1c2ccccc2-c2ccccc21)CC(=O)N[C@@H]1CCC[C@@H](C(=O)O)C1. The Hall–Kier alpha value is -3.35. The summed E-state index contributed by atoms with van der Waals surface area (Å²) < 4.78 is 5.59. The van der Waals surface area contributed by atoms with Gasteiger partial charge in [0.2, 0.25) is 5.91 Å². The smallest absolute Gasteiger partial charge is 0.407 e. The Balaban J connectivity index is 1.24. The zero-order valence-electron chi connectivity index (χ0n) is 20.2. The van der Waals surface area contributed by atoms with Gasteiger partial charge in [0.15, 0.2) is 0 Å². The molecule has 0 saturated heterocycles. The molecule has 2 amide bonds. The molecule has 186 valence electrons. The van der Waals surface area contributed by atoms with Gasteiger partial charge in [-0.15, -0.1) is 0 Å². The molecule has 35 heavy (non-hydrogen) atoms.